The highest BCUT2D eigenvalue weighted by Gasteiger charge is 2.44. The van der Waals surface area contributed by atoms with Crippen molar-refractivity contribution in [3.63, 3.8) is 0 Å². The quantitative estimate of drug-likeness (QED) is 0.667. The molecule has 0 unspecified atom stereocenters. The molecule has 1 N–H and O–H groups in total. The highest BCUT2D eigenvalue weighted by molar-refractivity contribution is 6.34. The summed E-state index contributed by atoms with van der Waals surface area (Å²) in [5, 5.41) is 4.77. The lowest BCUT2D eigenvalue weighted by atomic mass is 9.89. The SMILES string of the molecule is Cl.Cl.Clc1cc(Cl)cc(COC[C@]2(N3CCNCC3)CCc3ccccc32)c1. The summed E-state index contributed by atoms with van der Waals surface area (Å²) in [6.45, 7) is 5.40. The van der Waals surface area contributed by atoms with E-state index in [4.69, 9.17) is 27.9 Å². The molecule has 4 rings (SSSR count). The topological polar surface area (TPSA) is 24.5 Å². The molecule has 1 fully saturated rings. The second-order valence-electron chi connectivity index (χ2n) is 7.20. The van der Waals surface area contributed by atoms with Crippen molar-refractivity contribution in [2.75, 3.05) is 32.8 Å². The van der Waals surface area contributed by atoms with Crippen LogP contribution in [0, 0.1) is 0 Å². The molecule has 1 atom stereocenters. The Labute approximate surface area is 189 Å². The van der Waals surface area contributed by atoms with Crippen LogP contribution in [0.4, 0.5) is 0 Å². The molecule has 7 heteroatoms. The summed E-state index contributed by atoms with van der Waals surface area (Å²) < 4.78 is 6.25. The first-order chi connectivity index (χ1) is 12.7. The van der Waals surface area contributed by atoms with Crippen molar-refractivity contribution in [1.82, 2.24) is 10.2 Å². The van der Waals surface area contributed by atoms with Crippen LogP contribution in [0.2, 0.25) is 10.0 Å². The maximum absolute atomic E-state index is 6.25. The number of aryl methyl sites for hydroxylation is 1. The molecule has 2 aromatic carbocycles. The molecule has 28 heavy (non-hydrogen) atoms. The average molecular weight is 464 g/mol. The minimum atomic E-state index is -0.0267. The molecule has 0 bridgehead atoms. The second-order valence-corrected chi connectivity index (χ2v) is 8.07. The van der Waals surface area contributed by atoms with Gasteiger partial charge < -0.3 is 10.1 Å². The molecule has 0 radical (unpaired) electrons. The van der Waals surface area contributed by atoms with Gasteiger partial charge in [-0.15, -0.1) is 24.8 Å². The Hall–Kier alpha value is -0.520. The summed E-state index contributed by atoms with van der Waals surface area (Å²) in [5.41, 5.74) is 3.89. The Morgan fingerprint density at radius 1 is 1.00 bits per heavy atom. The molecule has 0 saturated carbocycles. The number of nitrogens with zero attached hydrogens (tertiary/aromatic N) is 1. The Morgan fingerprint density at radius 2 is 1.68 bits per heavy atom. The number of rotatable bonds is 5. The highest BCUT2D eigenvalue weighted by atomic mass is 35.5. The molecule has 0 spiro atoms. The minimum absolute atomic E-state index is 0. The predicted octanol–water partition coefficient (Wildman–Crippen LogP) is 5.10. The third-order valence-electron chi connectivity index (χ3n) is 5.58. The van der Waals surface area contributed by atoms with Gasteiger partial charge >= 0.3 is 0 Å². The lowest BCUT2D eigenvalue weighted by Crippen LogP contribution is -2.55. The van der Waals surface area contributed by atoms with Crippen molar-refractivity contribution in [1.29, 1.82) is 0 Å². The first-order valence-electron chi connectivity index (χ1n) is 9.24. The van der Waals surface area contributed by atoms with Gasteiger partial charge in [0.05, 0.1) is 18.8 Å². The van der Waals surface area contributed by atoms with Crippen LogP contribution in [0.15, 0.2) is 42.5 Å². The summed E-state index contributed by atoms with van der Waals surface area (Å²) in [6, 6.07) is 14.4. The van der Waals surface area contributed by atoms with Gasteiger partial charge in [0.1, 0.15) is 0 Å². The van der Waals surface area contributed by atoms with E-state index in [1.807, 2.05) is 12.1 Å². The largest absolute Gasteiger partial charge is 0.374 e. The van der Waals surface area contributed by atoms with Gasteiger partial charge in [-0.1, -0.05) is 47.5 Å². The fraction of sp³-hybridized carbons (Fsp3) is 0.429. The molecule has 0 aromatic heterocycles. The molecule has 154 valence electrons. The Kier molecular flexibility index (Phi) is 8.90. The zero-order chi connectivity index (χ0) is 18.0. The van der Waals surface area contributed by atoms with E-state index in [1.165, 1.54) is 11.1 Å². The first kappa shape index (κ1) is 23.8. The van der Waals surface area contributed by atoms with Crippen LogP contribution in [0.3, 0.4) is 0 Å². The number of benzene rings is 2. The lowest BCUT2D eigenvalue weighted by Gasteiger charge is -2.44. The third-order valence-corrected chi connectivity index (χ3v) is 6.02. The van der Waals surface area contributed by atoms with E-state index < -0.39 is 0 Å². The number of hydrogen-bond donors (Lipinski definition) is 1. The van der Waals surface area contributed by atoms with E-state index in [0.29, 0.717) is 23.3 Å². The van der Waals surface area contributed by atoms with Gasteiger partial charge in [-0.2, -0.15) is 0 Å². The van der Waals surface area contributed by atoms with E-state index in [1.54, 1.807) is 6.07 Å². The normalized spacial score (nSPS) is 21.5. The Balaban J connectivity index is 0.00000140. The van der Waals surface area contributed by atoms with Crippen molar-refractivity contribution in [2.24, 2.45) is 0 Å². The molecule has 2 aromatic rings. The van der Waals surface area contributed by atoms with Crippen molar-refractivity contribution in [3.8, 4) is 0 Å². The standard InChI is InChI=1S/C21H24Cl2N2O.2ClH/c22-18-11-16(12-19(23)13-18)14-26-15-21(25-9-7-24-8-10-25)6-5-17-3-1-2-4-20(17)21;;/h1-4,11-13,24H,5-10,14-15H2;2*1H/t21-;;/m1../s1. The number of hydrogen-bond acceptors (Lipinski definition) is 3. The van der Waals surface area contributed by atoms with Crippen molar-refractivity contribution in [3.05, 3.63) is 69.2 Å². The van der Waals surface area contributed by atoms with Gasteiger partial charge in [-0.25, -0.2) is 0 Å². The van der Waals surface area contributed by atoms with Crippen molar-refractivity contribution < 1.29 is 4.74 Å². The molecule has 1 saturated heterocycles. The summed E-state index contributed by atoms with van der Waals surface area (Å²) in [6.07, 6.45) is 2.23. The average Bonchev–Trinajstić information content (AvgIpc) is 3.02. The van der Waals surface area contributed by atoms with Gasteiger partial charge in [0.2, 0.25) is 0 Å². The minimum Gasteiger partial charge on any atom is -0.374 e. The van der Waals surface area contributed by atoms with Gasteiger partial charge in [-0.3, -0.25) is 4.90 Å². The van der Waals surface area contributed by atoms with Gasteiger partial charge in [0, 0.05) is 36.2 Å². The maximum atomic E-state index is 6.25. The first-order valence-corrected chi connectivity index (χ1v) is 10.00. The van der Waals surface area contributed by atoms with E-state index in [-0.39, 0.29) is 30.4 Å². The number of fused-ring (bicyclic) bond motifs is 1. The van der Waals surface area contributed by atoms with E-state index in [0.717, 1.165) is 44.6 Å². The molecular formula is C21H26Cl4N2O. The number of piperazine rings is 1. The van der Waals surface area contributed by atoms with E-state index >= 15 is 0 Å². The summed E-state index contributed by atoms with van der Waals surface area (Å²) >= 11 is 12.2. The molecular weight excluding hydrogens is 438 g/mol. The summed E-state index contributed by atoms with van der Waals surface area (Å²) in [4.78, 5) is 2.61. The number of nitrogens with one attached hydrogen (secondary N) is 1. The van der Waals surface area contributed by atoms with E-state index in [9.17, 15) is 0 Å². The Bertz CT molecular complexity index is 763. The predicted molar refractivity (Wildman–Crippen MR) is 121 cm³/mol. The van der Waals surface area contributed by atoms with Crippen LogP contribution in [0.1, 0.15) is 23.1 Å². The lowest BCUT2D eigenvalue weighted by molar-refractivity contribution is -0.0240. The second kappa shape index (κ2) is 10.5. The van der Waals surface area contributed by atoms with Crippen molar-refractivity contribution >= 4 is 48.0 Å². The van der Waals surface area contributed by atoms with Crippen LogP contribution in [0.5, 0.6) is 0 Å². The van der Waals surface area contributed by atoms with Gasteiger partial charge in [0.15, 0.2) is 0 Å². The molecule has 2 aliphatic rings. The van der Waals surface area contributed by atoms with Gasteiger partial charge in [0.25, 0.3) is 0 Å². The smallest absolute Gasteiger partial charge is 0.0719 e. The van der Waals surface area contributed by atoms with Crippen LogP contribution < -0.4 is 5.32 Å². The zero-order valence-corrected chi connectivity index (χ0v) is 18.8. The highest BCUT2D eigenvalue weighted by Crippen LogP contribution is 2.42. The fourth-order valence-corrected chi connectivity index (χ4v) is 4.93. The summed E-state index contributed by atoms with van der Waals surface area (Å²) in [7, 11) is 0. The van der Waals surface area contributed by atoms with Crippen LogP contribution >= 0.6 is 48.0 Å². The molecule has 1 heterocycles. The van der Waals surface area contributed by atoms with Crippen molar-refractivity contribution in [2.45, 2.75) is 25.0 Å². The van der Waals surface area contributed by atoms with Crippen LogP contribution in [-0.2, 0) is 23.3 Å². The zero-order valence-electron chi connectivity index (χ0n) is 15.6. The fourth-order valence-electron chi connectivity index (χ4n) is 4.36. The van der Waals surface area contributed by atoms with E-state index in [2.05, 4.69) is 34.5 Å². The van der Waals surface area contributed by atoms with Gasteiger partial charge in [-0.05, 0) is 47.7 Å². The molecule has 3 nitrogen and oxygen atoms in total. The Morgan fingerprint density at radius 3 is 2.39 bits per heavy atom. The number of ether oxygens (including phenoxy) is 1. The molecule has 1 aliphatic carbocycles. The van der Waals surface area contributed by atoms with Crippen LogP contribution in [-0.4, -0.2) is 37.7 Å². The number of halogens is 4. The third kappa shape index (κ3) is 4.96. The molecule has 1 aliphatic heterocycles. The molecule has 0 amide bonds. The monoisotopic (exact) mass is 462 g/mol. The maximum Gasteiger partial charge on any atom is 0.0719 e. The van der Waals surface area contributed by atoms with Crippen LogP contribution in [0.25, 0.3) is 0 Å². The summed E-state index contributed by atoms with van der Waals surface area (Å²) in [5.74, 6) is 0.